The van der Waals surface area contributed by atoms with Crippen LogP contribution in [0.15, 0.2) is 6.07 Å². The van der Waals surface area contributed by atoms with Crippen LogP contribution in [0.25, 0.3) is 0 Å². The van der Waals surface area contributed by atoms with E-state index in [2.05, 4.69) is 15.3 Å². The Morgan fingerprint density at radius 3 is 2.60 bits per heavy atom. The van der Waals surface area contributed by atoms with Crippen molar-refractivity contribution in [3.63, 3.8) is 0 Å². The molecule has 3 nitrogen and oxygen atoms in total. The van der Waals surface area contributed by atoms with Gasteiger partial charge in [-0.05, 0) is 0 Å². The summed E-state index contributed by atoms with van der Waals surface area (Å²) in [5.74, 6) is 0.981. The predicted octanol–water partition coefficient (Wildman–Crippen LogP) is 2.93. The first-order valence-corrected chi connectivity index (χ1v) is 4.93. The smallest absolute Gasteiger partial charge is 0.255 e. The van der Waals surface area contributed by atoms with Crippen LogP contribution >= 0.6 is 11.6 Å². The molecule has 0 atom stereocenters. The third-order valence-electron chi connectivity index (χ3n) is 1.67. The van der Waals surface area contributed by atoms with Gasteiger partial charge in [-0.1, -0.05) is 25.4 Å². The van der Waals surface area contributed by atoms with Gasteiger partial charge in [0.2, 0.25) is 0 Å². The lowest BCUT2D eigenvalue weighted by Crippen LogP contribution is -2.12. The molecule has 1 heterocycles. The monoisotopic (exact) mass is 235 g/mol. The maximum Gasteiger partial charge on any atom is 0.255 e. The fourth-order valence-corrected chi connectivity index (χ4v) is 1.16. The zero-order chi connectivity index (χ0) is 11.4. The fourth-order valence-electron chi connectivity index (χ4n) is 0.966. The summed E-state index contributed by atoms with van der Waals surface area (Å²) < 4.78 is 23.9. The van der Waals surface area contributed by atoms with Crippen LogP contribution in [0.1, 0.15) is 25.6 Å². The van der Waals surface area contributed by atoms with Crippen molar-refractivity contribution in [3.8, 4) is 0 Å². The second-order valence-electron chi connectivity index (χ2n) is 3.36. The quantitative estimate of drug-likeness (QED) is 0.816. The summed E-state index contributed by atoms with van der Waals surface area (Å²) in [5, 5.41) is 2.75. The van der Waals surface area contributed by atoms with Crippen molar-refractivity contribution < 1.29 is 8.78 Å². The van der Waals surface area contributed by atoms with Gasteiger partial charge in [0.05, 0.1) is 6.54 Å². The van der Waals surface area contributed by atoms with Gasteiger partial charge in [-0.2, -0.15) is 0 Å². The number of nitrogens with one attached hydrogen (secondary N) is 1. The second kappa shape index (κ2) is 5.21. The molecule has 0 saturated heterocycles. The fraction of sp³-hybridized carbons (Fsp3) is 0.556. The molecular weight excluding hydrogens is 224 g/mol. The van der Waals surface area contributed by atoms with Crippen molar-refractivity contribution >= 4 is 17.4 Å². The van der Waals surface area contributed by atoms with Crippen LogP contribution in [0.5, 0.6) is 0 Å². The van der Waals surface area contributed by atoms with E-state index in [0.29, 0.717) is 11.6 Å². The molecule has 6 heteroatoms. The lowest BCUT2D eigenvalue weighted by atomic mass is 10.2. The van der Waals surface area contributed by atoms with Crippen molar-refractivity contribution in [1.29, 1.82) is 0 Å². The molecule has 1 rings (SSSR count). The molecule has 0 bridgehead atoms. The average molecular weight is 236 g/mol. The number of hydrogen-bond donors (Lipinski definition) is 1. The molecular formula is C9H12ClF2N3. The molecule has 15 heavy (non-hydrogen) atoms. The summed E-state index contributed by atoms with van der Waals surface area (Å²) >= 11 is 5.73. The van der Waals surface area contributed by atoms with Crippen molar-refractivity contribution in [1.82, 2.24) is 9.97 Å². The van der Waals surface area contributed by atoms with Gasteiger partial charge >= 0.3 is 0 Å². The van der Waals surface area contributed by atoms with Crippen molar-refractivity contribution in [2.45, 2.75) is 26.2 Å². The number of alkyl halides is 2. The summed E-state index contributed by atoms with van der Waals surface area (Å²) in [5.41, 5.74) is 0. The number of anilines is 1. The number of hydrogen-bond acceptors (Lipinski definition) is 3. The zero-order valence-electron chi connectivity index (χ0n) is 8.47. The number of rotatable bonds is 4. The molecule has 0 saturated carbocycles. The summed E-state index contributed by atoms with van der Waals surface area (Å²) in [4.78, 5) is 8.05. The molecule has 0 aliphatic heterocycles. The molecule has 1 N–H and O–H groups in total. The van der Waals surface area contributed by atoms with Crippen LogP contribution in [0.2, 0.25) is 5.15 Å². The van der Waals surface area contributed by atoms with Crippen LogP contribution in [0.4, 0.5) is 14.6 Å². The standard InChI is InChI=1S/C9H12ClF2N3/c1-5(2)9-14-6(10)3-8(15-9)13-4-7(11)12/h3,5,7H,4H2,1-2H3,(H,13,14,15). The highest BCUT2D eigenvalue weighted by molar-refractivity contribution is 6.29. The van der Waals surface area contributed by atoms with Crippen molar-refractivity contribution in [2.75, 3.05) is 11.9 Å². The number of halogens is 3. The first-order chi connectivity index (χ1) is 6.99. The van der Waals surface area contributed by atoms with Crippen molar-refractivity contribution in [2.24, 2.45) is 0 Å². The average Bonchev–Trinajstić information content (AvgIpc) is 2.13. The zero-order valence-corrected chi connectivity index (χ0v) is 9.22. The molecule has 0 fully saturated rings. The highest BCUT2D eigenvalue weighted by Gasteiger charge is 2.08. The van der Waals surface area contributed by atoms with Gasteiger partial charge in [-0.25, -0.2) is 18.7 Å². The largest absolute Gasteiger partial charge is 0.364 e. The van der Waals surface area contributed by atoms with E-state index in [9.17, 15) is 8.78 Å². The second-order valence-corrected chi connectivity index (χ2v) is 3.75. The summed E-state index contributed by atoms with van der Waals surface area (Å²) in [7, 11) is 0. The molecule has 0 unspecified atom stereocenters. The Kier molecular flexibility index (Phi) is 4.20. The van der Waals surface area contributed by atoms with Gasteiger partial charge in [0, 0.05) is 12.0 Å². The molecule has 0 aromatic carbocycles. The third-order valence-corrected chi connectivity index (χ3v) is 1.86. The third kappa shape index (κ3) is 3.95. The molecule has 0 spiro atoms. The van der Waals surface area contributed by atoms with Crippen molar-refractivity contribution in [3.05, 3.63) is 17.0 Å². The first kappa shape index (κ1) is 12.1. The normalized spacial score (nSPS) is 11.1. The SMILES string of the molecule is CC(C)c1nc(Cl)cc(NCC(F)F)n1. The van der Waals surface area contributed by atoms with E-state index in [1.54, 1.807) is 0 Å². The maximum atomic E-state index is 11.9. The van der Waals surface area contributed by atoms with Crippen LogP contribution in [-0.4, -0.2) is 22.9 Å². The van der Waals surface area contributed by atoms with E-state index in [0.717, 1.165) is 0 Å². The van der Waals surface area contributed by atoms with Crippen LogP contribution in [0, 0.1) is 0 Å². The van der Waals surface area contributed by atoms with E-state index in [1.165, 1.54) is 6.07 Å². The Balaban J connectivity index is 2.79. The number of nitrogens with zero attached hydrogens (tertiary/aromatic N) is 2. The van der Waals surface area contributed by atoms with Gasteiger partial charge in [0.15, 0.2) is 0 Å². The van der Waals surface area contributed by atoms with Crippen LogP contribution in [-0.2, 0) is 0 Å². The Hall–Kier alpha value is -0.970. The molecule has 1 aromatic heterocycles. The molecule has 0 radical (unpaired) electrons. The molecule has 0 aliphatic rings. The summed E-state index contributed by atoms with van der Waals surface area (Å²) in [6, 6.07) is 1.43. The van der Waals surface area contributed by atoms with E-state index in [4.69, 9.17) is 11.6 Å². The Bertz CT molecular complexity index is 331. The topological polar surface area (TPSA) is 37.8 Å². The minimum absolute atomic E-state index is 0.107. The molecule has 1 aromatic rings. The van der Waals surface area contributed by atoms with Crippen LogP contribution < -0.4 is 5.32 Å². The van der Waals surface area contributed by atoms with E-state index in [1.807, 2.05) is 13.8 Å². The minimum Gasteiger partial charge on any atom is -0.364 e. The van der Waals surface area contributed by atoms with Gasteiger partial charge in [-0.3, -0.25) is 0 Å². The molecule has 0 amide bonds. The Labute approximate surface area is 91.9 Å². The lowest BCUT2D eigenvalue weighted by molar-refractivity contribution is 0.163. The highest BCUT2D eigenvalue weighted by atomic mass is 35.5. The molecule has 0 aliphatic carbocycles. The van der Waals surface area contributed by atoms with Crippen LogP contribution in [0.3, 0.4) is 0 Å². The van der Waals surface area contributed by atoms with E-state index < -0.39 is 13.0 Å². The minimum atomic E-state index is -2.42. The highest BCUT2D eigenvalue weighted by Crippen LogP contribution is 2.16. The Morgan fingerprint density at radius 2 is 2.07 bits per heavy atom. The van der Waals surface area contributed by atoms with E-state index >= 15 is 0 Å². The van der Waals surface area contributed by atoms with Gasteiger partial charge in [0.25, 0.3) is 6.43 Å². The van der Waals surface area contributed by atoms with Gasteiger partial charge < -0.3 is 5.32 Å². The maximum absolute atomic E-state index is 11.9. The Morgan fingerprint density at radius 1 is 1.40 bits per heavy atom. The predicted molar refractivity (Wildman–Crippen MR) is 55.6 cm³/mol. The summed E-state index contributed by atoms with van der Waals surface area (Å²) in [6.45, 7) is 3.37. The number of aromatic nitrogens is 2. The van der Waals surface area contributed by atoms with Gasteiger partial charge in [0.1, 0.15) is 16.8 Å². The first-order valence-electron chi connectivity index (χ1n) is 4.55. The van der Waals surface area contributed by atoms with Gasteiger partial charge in [-0.15, -0.1) is 0 Å². The van der Waals surface area contributed by atoms with E-state index in [-0.39, 0.29) is 11.1 Å². The lowest BCUT2D eigenvalue weighted by Gasteiger charge is -2.08. The molecule has 84 valence electrons. The summed E-state index contributed by atoms with van der Waals surface area (Å²) in [6.07, 6.45) is -2.42.